The van der Waals surface area contributed by atoms with Crippen LogP contribution in [0.3, 0.4) is 0 Å². The predicted molar refractivity (Wildman–Crippen MR) is 268 cm³/mol. The molecule has 0 N–H and O–H groups in total. The molecule has 0 aliphatic carbocycles. The van der Waals surface area contributed by atoms with Gasteiger partial charge in [-0.1, -0.05) is 218 Å². The van der Waals surface area contributed by atoms with Gasteiger partial charge < -0.3 is 4.42 Å². The van der Waals surface area contributed by atoms with E-state index in [0.717, 1.165) is 88.3 Å². The number of nitrogens with zero attached hydrogens (tertiary/aromatic N) is 3. The minimum atomic E-state index is 0.578. The van der Waals surface area contributed by atoms with Gasteiger partial charge in [0.25, 0.3) is 0 Å². The lowest BCUT2D eigenvalue weighted by Gasteiger charge is -2.12. The van der Waals surface area contributed by atoms with Gasteiger partial charge in [0.05, 0.1) is 0 Å². The Morgan fingerprint density at radius 1 is 0.262 bits per heavy atom. The van der Waals surface area contributed by atoms with Crippen molar-refractivity contribution < 1.29 is 4.42 Å². The highest BCUT2D eigenvalue weighted by Gasteiger charge is 2.21. The average molecular weight is 830 g/mol. The minimum absolute atomic E-state index is 0.578. The summed E-state index contributed by atoms with van der Waals surface area (Å²) in [5.74, 6) is 1.78. The number of fused-ring (bicyclic) bond motifs is 4. The van der Waals surface area contributed by atoms with Gasteiger partial charge in [0.2, 0.25) is 0 Å². The highest BCUT2D eigenvalue weighted by Crippen LogP contribution is 2.42. The van der Waals surface area contributed by atoms with Gasteiger partial charge in [-0.25, -0.2) is 15.0 Å². The second kappa shape index (κ2) is 16.2. The first kappa shape index (κ1) is 38.0. The SMILES string of the molecule is c1ccc(-c2ccc(-c3cccc(-c4cccc5c4oc4cccc(-c6nc(-c7ccc(-c8ccccc8)cc7)nc(-c7cccc8cc(-c9ccccc9)ccc78)n6)c45)c3)cc2)cc1. The van der Waals surface area contributed by atoms with E-state index in [0.29, 0.717) is 17.5 Å². The standard InChI is InChI=1S/C61H39N3O/c1-4-14-40(15-5-1)43-28-30-45(31-29-43)47-20-10-21-50(38-47)52-23-12-25-54-57-55(26-13-27-56(57)65-58(52)54)61-63-59(46-34-32-44(33-35-46)41-16-6-2-7-17-41)62-60(64-61)53-24-11-22-49-39-48(36-37-51(49)53)42-18-8-3-9-19-42/h1-39H. The Hall–Kier alpha value is -8.73. The van der Waals surface area contributed by atoms with Crippen LogP contribution < -0.4 is 0 Å². The van der Waals surface area contributed by atoms with Crippen molar-refractivity contribution in [3.8, 4) is 89.8 Å². The Labute approximate surface area is 376 Å². The monoisotopic (exact) mass is 829 g/mol. The quantitative estimate of drug-likeness (QED) is 0.153. The molecule has 0 unspecified atom stereocenters. The molecule has 304 valence electrons. The molecule has 0 aliphatic rings. The van der Waals surface area contributed by atoms with E-state index >= 15 is 0 Å². The number of para-hydroxylation sites is 1. The summed E-state index contributed by atoms with van der Waals surface area (Å²) in [5, 5.41) is 4.15. The van der Waals surface area contributed by atoms with E-state index in [1.165, 1.54) is 16.7 Å². The van der Waals surface area contributed by atoms with Gasteiger partial charge >= 0.3 is 0 Å². The van der Waals surface area contributed by atoms with Crippen LogP contribution in [-0.2, 0) is 0 Å². The fraction of sp³-hybridized carbons (Fsp3) is 0. The molecule has 0 radical (unpaired) electrons. The third-order valence-corrected chi connectivity index (χ3v) is 12.4. The van der Waals surface area contributed by atoms with Crippen LogP contribution in [0.15, 0.2) is 241 Å². The van der Waals surface area contributed by atoms with Crippen molar-refractivity contribution >= 4 is 32.7 Å². The van der Waals surface area contributed by atoms with Crippen molar-refractivity contribution in [1.29, 1.82) is 0 Å². The summed E-state index contributed by atoms with van der Waals surface area (Å²) in [5.41, 5.74) is 15.7. The highest BCUT2D eigenvalue weighted by atomic mass is 16.3. The van der Waals surface area contributed by atoms with Crippen LogP contribution in [0.2, 0.25) is 0 Å². The summed E-state index contributed by atoms with van der Waals surface area (Å²) >= 11 is 0. The van der Waals surface area contributed by atoms with Crippen LogP contribution in [0.1, 0.15) is 0 Å². The molecule has 2 heterocycles. The van der Waals surface area contributed by atoms with E-state index in [1.54, 1.807) is 0 Å². The number of benzene rings is 10. The maximum atomic E-state index is 6.83. The number of aromatic nitrogens is 3. The molecule has 0 saturated carbocycles. The zero-order valence-electron chi connectivity index (χ0n) is 35.3. The van der Waals surface area contributed by atoms with Gasteiger partial charge in [0, 0.05) is 33.0 Å². The summed E-state index contributed by atoms with van der Waals surface area (Å²) in [4.78, 5) is 15.8. The zero-order valence-corrected chi connectivity index (χ0v) is 35.3. The highest BCUT2D eigenvalue weighted by molar-refractivity contribution is 6.15. The molecule has 4 heteroatoms. The van der Waals surface area contributed by atoms with E-state index in [4.69, 9.17) is 19.4 Å². The minimum Gasteiger partial charge on any atom is -0.455 e. The molecule has 10 aromatic carbocycles. The lowest BCUT2D eigenvalue weighted by atomic mass is 9.96. The first-order chi connectivity index (χ1) is 32.2. The van der Waals surface area contributed by atoms with Crippen LogP contribution in [0, 0.1) is 0 Å². The fourth-order valence-electron chi connectivity index (χ4n) is 9.09. The molecule has 0 atom stereocenters. The smallest absolute Gasteiger partial charge is 0.164 e. The van der Waals surface area contributed by atoms with Crippen LogP contribution in [-0.4, -0.2) is 15.0 Å². The van der Waals surface area contributed by atoms with Crippen molar-refractivity contribution in [2.75, 3.05) is 0 Å². The fourth-order valence-corrected chi connectivity index (χ4v) is 9.09. The van der Waals surface area contributed by atoms with Crippen LogP contribution in [0.25, 0.3) is 123 Å². The average Bonchev–Trinajstić information content (AvgIpc) is 3.78. The van der Waals surface area contributed by atoms with Gasteiger partial charge in [0.1, 0.15) is 11.2 Å². The van der Waals surface area contributed by atoms with E-state index in [1.807, 2.05) is 30.3 Å². The molecule has 4 nitrogen and oxygen atoms in total. The second-order valence-corrected chi connectivity index (χ2v) is 16.3. The molecule has 2 aromatic heterocycles. The molecule has 0 amide bonds. The molecule has 0 spiro atoms. The van der Waals surface area contributed by atoms with Crippen LogP contribution in [0.4, 0.5) is 0 Å². The molecule has 0 saturated heterocycles. The van der Waals surface area contributed by atoms with Gasteiger partial charge in [-0.05, 0) is 79.0 Å². The van der Waals surface area contributed by atoms with Gasteiger partial charge in [0.15, 0.2) is 17.5 Å². The topological polar surface area (TPSA) is 51.8 Å². The lowest BCUT2D eigenvalue weighted by Crippen LogP contribution is -2.01. The summed E-state index contributed by atoms with van der Waals surface area (Å²) in [7, 11) is 0. The van der Waals surface area contributed by atoms with E-state index in [9.17, 15) is 0 Å². The molecular formula is C61H39N3O. The summed E-state index contributed by atoms with van der Waals surface area (Å²) < 4.78 is 6.83. The molecular weight excluding hydrogens is 791 g/mol. The van der Waals surface area contributed by atoms with E-state index in [2.05, 4.69) is 206 Å². The summed E-state index contributed by atoms with van der Waals surface area (Å²) in [6, 6.07) is 82.9. The van der Waals surface area contributed by atoms with Gasteiger partial charge in [-0.3, -0.25) is 0 Å². The summed E-state index contributed by atoms with van der Waals surface area (Å²) in [6.07, 6.45) is 0. The number of hydrogen-bond donors (Lipinski definition) is 0. The Balaban J connectivity index is 0.988. The van der Waals surface area contributed by atoms with Crippen LogP contribution >= 0.6 is 0 Å². The number of hydrogen-bond acceptors (Lipinski definition) is 4. The molecule has 0 bridgehead atoms. The van der Waals surface area contributed by atoms with Gasteiger partial charge in [-0.15, -0.1) is 0 Å². The Kier molecular flexibility index (Phi) is 9.46. The molecule has 12 rings (SSSR count). The third-order valence-electron chi connectivity index (χ3n) is 12.4. The molecule has 65 heavy (non-hydrogen) atoms. The Morgan fingerprint density at radius 2 is 0.708 bits per heavy atom. The normalized spacial score (nSPS) is 11.4. The number of rotatable bonds is 8. The van der Waals surface area contributed by atoms with Crippen molar-refractivity contribution in [3.05, 3.63) is 237 Å². The second-order valence-electron chi connectivity index (χ2n) is 16.3. The van der Waals surface area contributed by atoms with Crippen molar-refractivity contribution in [3.63, 3.8) is 0 Å². The Morgan fingerprint density at radius 3 is 1.38 bits per heavy atom. The maximum Gasteiger partial charge on any atom is 0.164 e. The van der Waals surface area contributed by atoms with Crippen molar-refractivity contribution in [1.82, 2.24) is 15.0 Å². The first-order valence-corrected chi connectivity index (χ1v) is 21.9. The van der Waals surface area contributed by atoms with E-state index in [-0.39, 0.29) is 0 Å². The molecule has 12 aromatic rings. The van der Waals surface area contributed by atoms with Gasteiger partial charge in [-0.2, -0.15) is 0 Å². The largest absolute Gasteiger partial charge is 0.455 e. The van der Waals surface area contributed by atoms with E-state index < -0.39 is 0 Å². The number of furan rings is 1. The molecule has 0 aliphatic heterocycles. The van der Waals surface area contributed by atoms with Crippen molar-refractivity contribution in [2.24, 2.45) is 0 Å². The zero-order chi connectivity index (χ0) is 43.1. The maximum absolute atomic E-state index is 6.83. The Bertz CT molecular complexity index is 3670. The van der Waals surface area contributed by atoms with Crippen LogP contribution in [0.5, 0.6) is 0 Å². The first-order valence-electron chi connectivity index (χ1n) is 21.9. The third kappa shape index (κ3) is 7.13. The summed E-state index contributed by atoms with van der Waals surface area (Å²) in [6.45, 7) is 0. The lowest BCUT2D eigenvalue weighted by molar-refractivity contribution is 0.670. The molecule has 0 fully saturated rings. The predicted octanol–water partition coefficient (Wildman–Crippen LogP) is 16.3. The van der Waals surface area contributed by atoms with Crippen molar-refractivity contribution in [2.45, 2.75) is 0 Å².